The van der Waals surface area contributed by atoms with Crippen LogP contribution in [-0.2, 0) is 10.2 Å². The van der Waals surface area contributed by atoms with Crippen molar-refractivity contribution in [1.29, 1.82) is 0 Å². The SMILES string of the molecule is CNS(=O)(=O)NC(=O)c1ccc(-c2cnc(Oc3cc(C)cc(Cl)c3)c(Cl)c2)c(OC)c1. The maximum atomic E-state index is 12.2. The number of rotatable bonds is 7. The lowest BCUT2D eigenvalue weighted by Gasteiger charge is -2.13. The van der Waals surface area contributed by atoms with Crippen molar-refractivity contribution in [1.82, 2.24) is 14.4 Å². The van der Waals surface area contributed by atoms with Gasteiger partial charge in [0.1, 0.15) is 16.5 Å². The highest BCUT2D eigenvalue weighted by atomic mass is 35.5. The lowest BCUT2D eigenvalue weighted by Crippen LogP contribution is -2.38. The molecule has 3 rings (SSSR count). The third kappa shape index (κ3) is 5.68. The summed E-state index contributed by atoms with van der Waals surface area (Å²) in [5, 5.41) is 0.785. The van der Waals surface area contributed by atoms with Crippen LogP contribution in [0.3, 0.4) is 0 Å². The summed E-state index contributed by atoms with van der Waals surface area (Å²) < 4.78 is 38.1. The first-order chi connectivity index (χ1) is 15.1. The van der Waals surface area contributed by atoms with Gasteiger partial charge in [0.25, 0.3) is 5.91 Å². The van der Waals surface area contributed by atoms with Crippen molar-refractivity contribution in [2.45, 2.75) is 6.92 Å². The molecule has 0 atom stereocenters. The molecule has 32 heavy (non-hydrogen) atoms. The van der Waals surface area contributed by atoms with Crippen molar-refractivity contribution in [3.05, 3.63) is 69.8 Å². The zero-order chi connectivity index (χ0) is 23.5. The monoisotopic (exact) mass is 495 g/mol. The average molecular weight is 496 g/mol. The van der Waals surface area contributed by atoms with Crippen molar-refractivity contribution in [2.24, 2.45) is 0 Å². The summed E-state index contributed by atoms with van der Waals surface area (Å²) in [4.78, 5) is 16.5. The lowest BCUT2D eigenvalue weighted by molar-refractivity contribution is 0.0980. The van der Waals surface area contributed by atoms with Gasteiger partial charge in [0.05, 0.1) is 7.11 Å². The van der Waals surface area contributed by atoms with Crippen LogP contribution in [0.25, 0.3) is 11.1 Å². The molecule has 1 amide bonds. The highest BCUT2D eigenvalue weighted by molar-refractivity contribution is 7.88. The standard InChI is InChI=1S/C21H19Cl2N3O5S/c1-12-6-15(22)10-16(7-12)31-21-18(23)8-14(11-25-21)17-5-4-13(9-19(17)30-3)20(27)26-32(28,29)24-2/h4-11,24H,1-3H3,(H,26,27). The van der Waals surface area contributed by atoms with Gasteiger partial charge in [-0.25, -0.2) is 14.4 Å². The molecule has 1 heterocycles. The van der Waals surface area contributed by atoms with Gasteiger partial charge in [-0.1, -0.05) is 23.2 Å². The van der Waals surface area contributed by atoms with E-state index in [0.717, 1.165) is 5.56 Å². The Kier molecular flexibility index (Phi) is 7.25. The van der Waals surface area contributed by atoms with Crippen molar-refractivity contribution in [2.75, 3.05) is 14.2 Å². The number of aromatic nitrogens is 1. The Morgan fingerprint density at radius 1 is 1.09 bits per heavy atom. The number of carbonyl (C=O) groups is 1. The largest absolute Gasteiger partial charge is 0.496 e. The van der Waals surface area contributed by atoms with Gasteiger partial charge in [-0.05, 0) is 55.0 Å². The molecule has 0 unspecified atom stereocenters. The molecule has 0 aliphatic carbocycles. The Hall–Kier alpha value is -2.85. The molecule has 0 bridgehead atoms. The van der Waals surface area contributed by atoms with E-state index in [1.165, 1.54) is 26.3 Å². The number of ether oxygens (including phenoxy) is 2. The zero-order valence-electron chi connectivity index (χ0n) is 17.3. The summed E-state index contributed by atoms with van der Waals surface area (Å²) in [7, 11) is -1.31. The van der Waals surface area contributed by atoms with Crippen molar-refractivity contribution < 1.29 is 22.7 Å². The molecule has 0 radical (unpaired) electrons. The van der Waals surface area contributed by atoms with Crippen LogP contribution in [0.5, 0.6) is 17.4 Å². The van der Waals surface area contributed by atoms with E-state index in [9.17, 15) is 13.2 Å². The van der Waals surface area contributed by atoms with Gasteiger partial charge in [0.15, 0.2) is 0 Å². The first-order valence-electron chi connectivity index (χ1n) is 9.16. The van der Waals surface area contributed by atoms with E-state index in [2.05, 4.69) is 4.98 Å². The molecule has 0 aliphatic heterocycles. The maximum Gasteiger partial charge on any atom is 0.301 e. The van der Waals surface area contributed by atoms with Crippen LogP contribution >= 0.6 is 23.2 Å². The van der Waals surface area contributed by atoms with E-state index in [4.69, 9.17) is 32.7 Å². The molecule has 0 aliphatic rings. The van der Waals surface area contributed by atoms with E-state index in [1.807, 2.05) is 16.4 Å². The Morgan fingerprint density at radius 3 is 2.47 bits per heavy atom. The molecular weight excluding hydrogens is 477 g/mol. The molecule has 0 saturated carbocycles. The van der Waals surface area contributed by atoms with Gasteiger partial charge in [-0.3, -0.25) is 4.79 Å². The van der Waals surface area contributed by atoms with Crippen LogP contribution in [0.4, 0.5) is 0 Å². The predicted molar refractivity (Wildman–Crippen MR) is 123 cm³/mol. The fraction of sp³-hybridized carbons (Fsp3) is 0.143. The van der Waals surface area contributed by atoms with E-state index in [-0.39, 0.29) is 16.5 Å². The molecule has 8 nitrogen and oxygen atoms in total. The van der Waals surface area contributed by atoms with Gasteiger partial charge < -0.3 is 9.47 Å². The second kappa shape index (κ2) is 9.74. The van der Waals surface area contributed by atoms with Crippen LogP contribution in [0, 0.1) is 6.92 Å². The fourth-order valence-corrected chi connectivity index (χ4v) is 3.77. The first-order valence-corrected chi connectivity index (χ1v) is 11.4. The molecule has 2 aromatic carbocycles. The van der Waals surface area contributed by atoms with E-state index >= 15 is 0 Å². The minimum absolute atomic E-state index is 0.0970. The third-order valence-electron chi connectivity index (χ3n) is 4.31. The maximum absolute atomic E-state index is 12.2. The molecule has 3 aromatic rings. The van der Waals surface area contributed by atoms with Crippen LogP contribution in [0.1, 0.15) is 15.9 Å². The number of carbonyl (C=O) groups excluding carboxylic acids is 1. The second-order valence-corrected chi connectivity index (χ2v) is 9.09. The average Bonchev–Trinajstić information content (AvgIpc) is 2.73. The zero-order valence-corrected chi connectivity index (χ0v) is 19.6. The Balaban J connectivity index is 1.89. The molecule has 11 heteroatoms. The Bertz CT molecular complexity index is 1260. The van der Waals surface area contributed by atoms with Gasteiger partial charge in [0.2, 0.25) is 5.88 Å². The van der Waals surface area contributed by atoms with E-state index < -0.39 is 16.1 Å². The van der Waals surface area contributed by atoms with Gasteiger partial charge >= 0.3 is 10.2 Å². The summed E-state index contributed by atoms with van der Waals surface area (Å²) >= 11 is 12.4. The molecule has 0 saturated heterocycles. The summed E-state index contributed by atoms with van der Waals surface area (Å²) in [6.45, 7) is 1.89. The van der Waals surface area contributed by atoms with Crippen LogP contribution in [0.15, 0.2) is 48.7 Å². The molecule has 0 fully saturated rings. The number of amides is 1. The Labute approximate surface area is 195 Å². The third-order valence-corrected chi connectivity index (χ3v) is 5.79. The normalized spacial score (nSPS) is 11.2. The van der Waals surface area contributed by atoms with Crippen LogP contribution in [-0.4, -0.2) is 33.5 Å². The van der Waals surface area contributed by atoms with Gasteiger partial charge in [-0.2, -0.15) is 8.42 Å². The quantitative estimate of drug-likeness (QED) is 0.504. The highest BCUT2D eigenvalue weighted by Crippen LogP contribution is 2.36. The summed E-state index contributed by atoms with van der Waals surface area (Å²) in [5.41, 5.74) is 2.23. The number of nitrogens with zero attached hydrogens (tertiary/aromatic N) is 1. The number of methoxy groups -OCH3 is 1. The number of halogens is 2. The summed E-state index contributed by atoms with van der Waals surface area (Å²) in [5.74, 6) is 0.225. The van der Waals surface area contributed by atoms with Crippen LogP contribution in [0.2, 0.25) is 10.0 Å². The smallest absolute Gasteiger partial charge is 0.301 e. The molecule has 168 valence electrons. The second-order valence-electron chi connectivity index (χ2n) is 6.63. The molecular formula is C21H19Cl2N3O5S. The van der Waals surface area contributed by atoms with Crippen molar-refractivity contribution >= 4 is 39.3 Å². The Morgan fingerprint density at radius 2 is 1.84 bits per heavy atom. The minimum Gasteiger partial charge on any atom is -0.496 e. The van der Waals surface area contributed by atoms with E-state index in [1.54, 1.807) is 36.5 Å². The topological polar surface area (TPSA) is 107 Å². The van der Waals surface area contributed by atoms with Crippen molar-refractivity contribution in [3.8, 4) is 28.5 Å². The van der Waals surface area contributed by atoms with Gasteiger partial charge in [0, 0.05) is 35.0 Å². The fourth-order valence-electron chi connectivity index (χ4n) is 2.82. The number of pyridine rings is 1. The number of benzene rings is 2. The van der Waals surface area contributed by atoms with E-state index in [0.29, 0.717) is 27.6 Å². The predicted octanol–water partition coefficient (Wildman–Crippen LogP) is 4.36. The van der Waals surface area contributed by atoms with Gasteiger partial charge in [-0.15, -0.1) is 0 Å². The summed E-state index contributed by atoms with van der Waals surface area (Å²) in [6, 6.07) is 11.4. The number of hydrogen-bond acceptors (Lipinski definition) is 6. The summed E-state index contributed by atoms with van der Waals surface area (Å²) in [6.07, 6.45) is 1.54. The molecule has 1 aromatic heterocycles. The van der Waals surface area contributed by atoms with Crippen LogP contribution < -0.4 is 18.9 Å². The molecule has 0 spiro atoms. The number of nitrogens with one attached hydrogen (secondary N) is 2. The highest BCUT2D eigenvalue weighted by Gasteiger charge is 2.17. The first kappa shape index (κ1) is 23.8. The number of hydrogen-bond donors (Lipinski definition) is 2. The minimum atomic E-state index is -3.93. The molecule has 2 N–H and O–H groups in total. The number of aryl methyl sites for hydroxylation is 1. The van der Waals surface area contributed by atoms with Crippen molar-refractivity contribution in [3.63, 3.8) is 0 Å². The lowest BCUT2D eigenvalue weighted by atomic mass is 10.0.